The fourth-order valence-corrected chi connectivity index (χ4v) is 2.27. The summed E-state index contributed by atoms with van der Waals surface area (Å²) in [5.74, 6) is -1.47. The number of rotatable bonds is 2. The number of aliphatic hydroxyl groups excluding tert-OH is 2. The molecule has 3 atom stereocenters. The zero-order valence-corrected chi connectivity index (χ0v) is 10.2. The van der Waals surface area contributed by atoms with E-state index < -0.39 is 35.8 Å². The molecule has 1 aromatic heterocycles. The minimum absolute atomic E-state index is 0.0373. The first-order chi connectivity index (χ1) is 9.51. The molecule has 3 heterocycles. The third-order valence-corrected chi connectivity index (χ3v) is 3.31. The molecule has 0 bridgehead atoms. The first-order valence-electron chi connectivity index (χ1n) is 5.98. The molecule has 0 spiro atoms. The average Bonchev–Trinajstić information content (AvgIpc) is 3.00. The molecule has 2 aliphatic heterocycles. The maximum absolute atomic E-state index is 11.8. The molecule has 3 rings (SSSR count). The van der Waals surface area contributed by atoms with Crippen LogP contribution >= 0.6 is 0 Å². The maximum atomic E-state index is 11.8. The standard InChI is InChI=1S/C11H12N4O5/c12-9-8(18)6-7(11(19)15-9)14-10(13-6)4-1-3(17)5(2-16)20-4/h3-5,16-17H,1-2H2,(H,13,14)(H2,12,15,19)/t3-,4+,5+/m0/s1. The molecule has 0 radical (unpaired) electrons. The van der Waals surface area contributed by atoms with Gasteiger partial charge in [0.1, 0.15) is 29.4 Å². The van der Waals surface area contributed by atoms with Crippen LogP contribution < -0.4 is 5.73 Å². The number of amidine groups is 1. The van der Waals surface area contributed by atoms with Crippen LogP contribution in [-0.2, 0) is 4.74 Å². The second-order valence-electron chi connectivity index (χ2n) is 4.63. The van der Waals surface area contributed by atoms with Crippen molar-refractivity contribution in [3.05, 3.63) is 17.2 Å². The number of carbonyl (C=O) groups excluding carboxylic acids is 2. The molecular formula is C11H12N4O5. The summed E-state index contributed by atoms with van der Waals surface area (Å²) in [7, 11) is 0. The van der Waals surface area contributed by atoms with Crippen molar-refractivity contribution in [3.8, 4) is 0 Å². The summed E-state index contributed by atoms with van der Waals surface area (Å²) in [6, 6.07) is 0. The number of ether oxygens (including phenoxy) is 1. The second kappa shape index (κ2) is 4.47. The number of nitrogens with zero attached hydrogens (tertiary/aromatic N) is 2. The number of amides is 1. The van der Waals surface area contributed by atoms with Crippen molar-refractivity contribution in [3.63, 3.8) is 0 Å². The Balaban J connectivity index is 1.92. The molecule has 1 saturated heterocycles. The van der Waals surface area contributed by atoms with Crippen LogP contribution in [0.2, 0.25) is 0 Å². The normalized spacial score (nSPS) is 29.5. The number of Topliss-reactive ketones (excluding diaryl/α,β-unsaturated/α-hetero) is 1. The van der Waals surface area contributed by atoms with Crippen LogP contribution in [0.5, 0.6) is 0 Å². The molecule has 0 saturated carbocycles. The van der Waals surface area contributed by atoms with Gasteiger partial charge in [-0.3, -0.25) is 9.59 Å². The lowest BCUT2D eigenvalue weighted by Gasteiger charge is -2.09. The van der Waals surface area contributed by atoms with Crippen molar-refractivity contribution in [1.82, 2.24) is 9.97 Å². The fourth-order valence-electron chi connectivity index (χ4n) is 2.27. The molecule has 5 N–H and O–H groups in total. The van der Waals surface area contributed by atoms with Crippen molar-refractivity contribution in [2.45, 2.75) is 24.7 Å². The van der Waals surface area contributed by atoms with Crippen molar-refractivity contribution >= 4 is 17.5 Å². The summed E-state index contributed by atoms with van der Waals surface area (Å²) in [6.07, 6.45) is -1.97. The Morgan fingerprint density at radius 2 is 2.20 bits per heavy atom. The molecule has 106 valence electrons. The Labute approximate surface area is 112 Å². The van der Waals surface area contributed by atoms with E-state index in [1.165, 1.54) is 0 Å². The van der Waals surface area contributed by atoms with E-state index in [1.54, 1.807) is 0 Å². The highest BCUT2D eigenvalue weighted by Crippen LogP contribution is 2.32. The zero-order chi connectivity index (χ0) is 14.4. The Morgan fingerprint density at radius 3 is 2.85 bits per heavy atom. The van der Waals surface area contributed by atoms with Crippen molar-refractivity contribution < 1.29 is 24.5 Å². The summed E-state index contributed by atoms with van der Waals surface area (Å²) < 4.78 is 5.40. The highest BCUT2D eigenvalue weighted by Gasteiger charge is 2.38. The monoisotopic (exact) mass is 280 g/mol. The highest BCUT2D eigenvalue weighted by atomic mass is 16.5. The number of aliphatic hydroxyl groups is 2. The van der Waals surface area contributed by atoms with Gasteiger partial charge in [0.2, 0.25) is 5.78 Å². The minimum atomic E-state index is -0.833. The van der Waals surface area contributed by atoms with Gasteiger partial charge < -0.3 is 25.7 Å². The van der Waals surface area contributed by atoms with Crippen LogP contribution in [-0.4, -0.2) is 56.5 Å². The molecule has 1 aromatic rings. The first-order valence-corrected chi connectivity index (χ1v) is 5.98. The molecule has 1 amide bonds. The Hall–Kier alpha value is -2.10. The van der Waals surface area contributed by atoms with E-state index in [2.05, 4.69) is 15.0 Å². The average molecular weight is 280 g/mol. The Bertz CT molecular complexity index is 622. The van der Waals surface area contributed by atoms with E-state index in [0.717, 1.165) is 0 Å². The van der Waals surface area contributed by atoms with Crippen LogP contribution in [0, 0.1) is 0 Å². The third kappa shape index (κ3) is 1.83. The molecule has 20 heavy (non-hydrogen) atoms. The molecular weight excluding hydrogens is 268 g/mol. The van der Waals surface area contributed by atoms with Crippen molar-refractivity contribution in [2.24, 2.45) is 10.7 Å². The Kier molecular flexibility index (Phi) is 2.89. The summed E-state index contributed by atoms with van der Waals surface area (Å²) >= 11 is 0. The molecule has 0 unspecified atom stereocenters. The lowest BCUT2D eigenvalue weighted by atomic mass is 10.1. The van der Waals surface area contributed by atoms with Gasteiger partial charge in [0, 0.05) is 6.42 Å². The summed E-state index contributed by atoms with van der Waals surface area (Å²) in [6.45, 7) is -0.327. The van der Waals surface area contributed by atoms with E-state index in [4.69, 9.17) is 15.6 Å². The largest absolute Gasteiger partial charge is 0.394 e. The van der Waals surface area contributed by atoms with E-state index in [-0.39, 0.29) is 30.2 Å². The number of imidazole rings is 1. The number of aliphatic imine (C=N–C) groups is 1. The molecule has 2 aliphatic rings. The molecule has 0 aliphatic carbocycles. The van der Waals surface area contributed by atoms with E-state index in [1.807, 2.05) is 0 Å². The number of aromatic amines is 1. The van der Waals surface area contributed by atoms with Crippen LogP contribution in [0.25, 0.3) is 0 Å². The molecule has 9 heteroatoms. The molecule has 9 nitrogen and oxygen atoms in total. The number of nitrogens with one attached hydrogen (secondary N) is 1. The zero-order valence-electron chi connectivity index (χ0n) is 10.2. The fraction of sp³-hybridized carbons (Fsp3) is 0.455. The summed E-state index contributed by atoms with van der Waals surface area (Å²) in [5, 5.41) is 18.7. The number of carbonyl (C=O) groups is 2. The summed E-state index contributed by atoms with van der Waals surface area (Å²) in [5.41, 5.74) is 5.20. The predicted octanol–water partition coefficient (Wildman–Crippen LogP) is -1.71. The number of aromatic nitrogens is 2. The minimum Gasteiger partial charge on any atom is -0.394 e. The first kappa shape index (κ1) is 12.9. The highest BCUT2D eigenvalue weighted by molar-refractivity contribution is 6.48. The summed E-state index contributed by atoms with van der Waals surface area (Å²) in [4.78, 5) is 33.5. The molecule has 1 fully saturated rings. The van der Waals surface area contributed by atoms with Crippen LogP contribution in [0.1, 0.15) is 39.3 Å². The number of nitrogens with two attached hydrogens (primary N) is 1. The van der Waals surface area contributed by atoms with Gasteiger partial charge in [-0.05, 0) is 0 Å². The lowest BCUT2D eigenvalue weighted by molar-refractivity contribution is -0.0245. The number of fused-ring (bicyclic) bond motifs is 1. The van der Waals surface area contributed by atoms with Crippen molar-refractivity contribution in [1.29, 1.82) is 0 Å². The lowest BCUT2D eigenvalue weighted by Crippen LogP contribution is -2.30. The number of H-pyrrole nitrogens is 1. The van der Waals surface area contributed by atoms with E-state index >= 15 is 0 Å². The predicted molar refractivity (Wildman–Crippen MR) is 64.2 cm³/mol. The van der Waals surface area contributed by atoms with Crippen molar-refractivity contribution in [2.75, 3.05) is 6.61 Å². The topological polar surface area (TPSA) is 151 Å². The Morgan fingerprint density at radius 1 is 1.45 bits per heavy atom. The SMILES string of the molecule is NC1=NC(=O)c2[nH]c([C@H]3C[C@H](O)[C@@H](CO)O3)nc2C1=O. The van der Waals surface area contributed by atoms with Gasteiger partial charge in [0.05, 0.1) is 12.7 Å². The third-order valence-electron chi connectivity index (χ3n) is 3.31. The van der Waals surface area contributed by atoms with Gasteiger partial charge in [0.25, 0.3) is 5.91 Å². The van der Waals surface area contributed by atoms with Gasteiger partial charge in [0.15, 0.2) is 5.84 Å². The number of ketones is 1. The van der Waals surface area contributed by atoms with E-state index in [0.29, 0.717) is 0 Å². The van der Waals surface area contributed by atoms with Crippen LogP contribution in [0.15, 0.2) is 4.99 Å². The van der Waals surface area contributed by atoms with E-state index in [9.17, 15) is 14.7 Å². The maximum Gasteiger partial charge on any atom is 0.297 e. The number of hydrogen-bond acceptors (Lipinski definition) is 7. The van der Waals surface area contributed by atoms with Gasteiger partial charge >= 0.3 is 0 Å². The van der Waals surface area contributed by atoms with Gasteiger partial charge in [-0.2, -0.15) is 4.99 Å². The second-order valence-corrected chi connectivity index (χ2v) is 4.63. The smallest absolute Gasteiger partial charge is 0.297 e. The number of hydrogen-bond donors (Lipinski definition) is 4. The van der Waals surface area contributed by atoms with Gasteiger partial charge in [-0.1, -0.05) is 0 Å². The van der Waals surface area contributed by atoms with Crippen LogP contribution in [0.4, 0.5) is 0 Å². The van der Waals surface area contributed by atoms with Crippen LogP contribution in [0.3, 0.4) is 0 Å². The van der Waals surface area contributed by atoms with Gasteiger partial charge in [-0.25, -0.2) is 4.98 Å². The quantitative estimate of drug-likeness (QED) is 0.503. The van der Waals surface area contributed by atoms with Gasteiger partial charge in [-0.15, -0.1) is 0 Å². The molecule has 0 aromatic carbocycles.